The highest BCUT2D eigenvalue weighted by Gasteiger charge is 2.23. The molecule has 0 fully saturated rings. The van der Waals surface area contributed by atoms with Crippen LogP contribution in [0.4, 0.5) is 4.39 Å². The van der Waals surface area contributed by atoms with Gasteiger partial charge in [0, 0.05) is 34.8 Å². The minimum Gasteiger partial charge on any atom is -0.455 e. The first-order valence-corrected chi connectivity index (χ1v) is 13.0. The van der Waals surface area contributed by atoms with Crippen LogP contribution < -0.4 is 0 Å². The zero-order chi connectivity index (χ0) is 26.7. The SMILES string of the molecule is CC(C)(C)c1ccc(-n2c(-c3cccc4c3oc3ccncc34)nc3cc(F)ccc32)c(-c2ccccc2)c1. The second-order valence-corrected chi connectivity index (χ2v) is 10.9. The van der Waals surface area contributed by atoms with Crippen molar-refractivity contribution >= 4 is 33.0 Å². The lowest BCUT2D eigenvalue weighted by Gasteiger charge is -2.23. The highest BCUT2D eigenvalue weighted by Crippen LogP contribution is 2.40. The number of fused-ring (bicyclic) bond motifs is 4. The summed E-state index contributed by atoms with van der Waals surface area (Å²) in [6.45, 7) is 6.65. The number of para-hydroxylation sites is 1. The third kappa shape index (κ3) is 3.81. The van der Waals surface area contributed by atoms with Crippen LogP contribution in [0, 0.1) is 5.82 Å². The van der Waals surface area contributed by atoms with Crippen LogP contribution in [0.3, 0.4) is 0 Å². The Morgan fingerprint density at radius 3 is 2.46 bits per heavy atom. The van der Waals surface area contributed by atoms with Gasteiger partial charge in [-0.2, -0.15) is 0 Å². The standard InChI is InChI=1S/C34H26FN3O/c1-34(2,3)22-12-14-29(26(18-22)21-8-5-4-6-9-21)38-30-15-13-23(35)19-28(30)37-33(38)25-11-7-10-24-27-20-36-17-16-31(27)39-32(24)25/h4-20H,1-3H3. The molecule has 4 aromatic carbocycles. The highest BCUT2D eigenvalue weighted by molar-refractivity contribution is 6.09. The van der Waals surface area contributed by atoms with Gasteiger partial charge in [-0.1, -0.05) is 69.3 Å². The molecule has 0 saturated carbocycles. The van der Waals surface area contributed by atoms with E-state index in [-0.39, 0.29) is 11.2 Å². The fraction of sp³-hybridized carbons (Fsp3) is 0.118. The van der Waals surface area contributed by atoms with Crippen molar-refractivity contribution in [1.82, 2.24) is 14.5 Å². The molecule has 4 nitrogen and oxygen atoms in total. The molecular formula is C34H26FN3O. The number of imidazole rings is 1. The third-order valence-electron chi connectivity index (χ3n) is 7.34. The Bertz CT molecular complexity index is 2010. The van der Waals surface area contributed by atoms with E-state index in [1.807, 2.05) is 48.7 Å². The van der Waals surface area contributed by atoms with E-state index in [0.29, 0.717) is 11.3 Å². The second-order valence-electron chi connectivity index (χ2n) is 10.9. The summed E-state index contributed by atoms with van der Waals surface area (Å²) in [5.74, 6) is 0.368. The van der Waals surface area contributed by atoms with Gasteiger partial charge >= 0.3 is 0 Å². The van der Waals surface area contributed by atoms with Crippen LogP contribution in [-0.2, 0) is 5.41 Å². The van der Waals surface area contributed by atoms with Crippen LogP contribution in [0.5, 0.6) is 0 Å². The van der Waals surface area contributed by atoms with E-state index in [1.165, 1.54) is 17.7 Å². The number of hydrogen-bond donors (Lipinski definition) is 0. The molecule has 0 atom stereocenters. The van der Waals surface area contributed by atoms with Gasteiger partial charge in [-0.15, -0.1) is 0 Å². The van der Waals surface area contributed by atoms with Gasteiger partial charge < -0.3 is 4.42 Å². The number of halogens is 1. The summed E-state index contributed by atoms with van der Waals surface area (Å²) in [6, 6.07) is 29.7. The predicted molar refractivity (Wildman–Crippen MR) is 156 cm³/mol. The lowest BCUT2D eigenvalue weighted by atomic mass is 9.85. The zero-order valence-corrected chi connectivity index (χ0v) is 21.9. The van der Waals surface area contributed by atoms with Gasteiger partial charge in [-0.25, -0.2) is 9.37 Å². The average molecular weight is 512 g/mol. The van der Waals surface area contributed by atoms with Crippen molar-refractivity contribution < 1.29 is 8.81 Å². The molecule has 0 N–H and O–H groups in total. The van der Waals surface area contributed by atoms with E-state index >= 15 is 0 Å². The molecule has 0 amide bonds. The number of benzene rings is 4. The first kappa shape index (κ1) is 23.4. The van der Waals surface area contributed by atoms with E-state index in [1.54, 1.807) is 12.3 Å². The Hall–Kier alpha value is -4.77. The largest absolute Gasteiger partial charge is 0.455 e. The quantitative estimate of drug-likeness (QED) is 0.238. The number of nitrogens with zero attached hydrogens (tertiary/aromatic N) is 3. The summed E-state index contributed by atoms with van der Waals surface area (Å²) in [7, 11) is 0. The number of pyridine rings is 1. The van der Waals surface area contributed by atoms with Gasteiger partial charge in [0.1, 0.15) is 22.8 Å². The van der Waals surface area contributed by atoms with Gasteiger partial charge in [0.25, 0.3) is 0 Å². The lowest BCUT2D eigenvalue weighted by Crippen LogP contribution is -2.12. The maximum absolute atomic E-state index is 14.4. The zero-order valence-electron chi connectivity index (χ0n) is 21.9. The van der Waals surface area contributed by atoms with Crippen molar-refractivity contribution in [2.45, 2.75) is 26.2 Å². The van der Waals surface area contributed by atoms with E-state index in [0.717, 1.165) is 49.8 Å². The molecule has 3 aromatic heterocycles. The van der Waals surface area contributed by atoms with Crippen molar-refractivity contribution in [1.29, 1.82) is 0 Å². The Balaban J connectivity index is 1.59. The van der Waals surface area contributed by atoms with Crippen LogP contribution in [0.15, 0.2) is 108 Å². The van der Waals surface area contributed by atoms with Crippen molar-refractivity contribution in [3.8, 4) is 28.2 Å². The molecule has 190 valence electrons. The fourth-order valence-electron chi connectivity index (χ4n) is 5.34. The molecule has 0 bridgehead atoms. The molecule has 5 heteroatoms. The molecule has 0 saturated heterocycles. The van der Waals surface area contributed by atoms with Gasteiger partial charge in [-0.3, -0.25) is 9.55 Å². The number of aromatic nitrogens is 3. The molecule has 0 aliphatic heterocycles. The predicted octanol–water partition coefficient (Wildman–Crippen LogP) is 9.09. The lowest BCUT2D eigenvalue weighted by molar-refractivity contribution is 0.590. The Kier molecular flexibility index (Phi) is 5.17. The average Bonchev–Trinajstić information content (AvgIpc) is 3.51. The first-order valence-electron chi connectivity index (χ1n) is 13.0. The number of hydrogen-bond acceptors (Lipinski definition) is 3. The monoisotopic (exact) mass is 511 g/mol. The van der Waals surface area contributed by atoms with Crippen molar-refractivity contribution in [3.05, 3.63) is 115 Å². The maximum Gasteiger partial charge on any atom is 0.149 e. The molecule has 39 heavy (non-hydrogen) atoms. The van der Waals surface area contributed by atoms with Crippen LogP contribution in [0.25, 0.3) is 61.2 Å². The van der Waals surface area contributed by atoms with Gasteiger partial charge in [0.05, 0.1) is 22.3 Å². The molecule has 3 heterocycles. The van der Waals surface area contributed by atoms with Crippen molar-refractivity contribution in [2.24, 2.45) is 0 Å². The van der Waals surface area contributed by atoms with Crippen LogP contribution in [0.1, 0.15) is 26.3 Å². The van der Waals surface area contributed by atoms with Crippen molar-refractivity contribution in [3.63, 3.8) is 0 Å². The summed E-state index contributed by atoms with van der Waals surface area (Å²) in [5, 5.41) is 1.91. The molecule has 7 rings (SSSR count). The van der Waals surface area contributed by atoms with E-state index in [9.17, 15) is 4.39 Å². The molecule has 7 aromatic rings. The highest BCUT2D eigenvalue weighted by atomic mass is 19.1. The van der Waals surface area contributed by atoms with Crippen molar-refractivity contribution in [2.75, 3.05) is 0 Å². The molecule has 0 aliphatic rings. The minimum absolute atomic E-state index is 0.0288. The molecule has 0 spiro atoms. The van der Waals surface area contributed by atoms with Crippen LogP contribution in [0.2, 0.25) is 0 Å². The normalized spacial score (nSPS) is 12.1. The van der Waals surface area contributed by atoms with Gasteiger partial charge in [-0.05, 0) is 52.9 Å². The van der Waals surface area contributed by atoms with Gasteiger partial charge in [0.15, 0.2) is 0 Å². The third-order valence-corrected chi connectivity index (χ3v) is 7.34. The number of furan rings is 1. The minimum atomic E-state index is -0.321. The first-order chi connectivity index (χ1) is 18.9. The summed E-state index contributed by atoms with van der Waals surface area (Å²) >= 11 is 0. The topological polar surface area (TPSA) is 43.9 Å². The summed E-state index contributed by atoms with van der Waals surface area (Å²) < 4.78 is 22.9. The number of rotatable bonds is 3. The van der Waals surface area contributed by atoms with E-state index in [2.05, 4.69) is 60.7 Å². The molecule has 0 aliphatic carbocycles. The summed E-state index contributed by atoms with van der Waals surface area (Å²) in [6.07, 6.45) is 3.55. The molecular weight excluding hydrogens is 485 g/mol. The fourth-order valence-corrected chi connectivity index (χ4v) is 5.34. The Morgan fingerprint density at radius 1 is 0.795 bits per heavy atom. The summed E-state index contributed by atoms with van der Waals surface area (Å²) in [5.41, 5.74) is 8.07. The smallest absolute Gasteiger partial charge is 0.149 e. The maximum atomic E-state index is 14.4. The van der Waals surface area contributed by atoms with E-state index in [4.69, 9.17) is 9.40 Å². The van der Waals surface area contributed by atoms with E-state index < -0.39 is 0 Å². The summed E-state index contributed by atoms with van der Waals surface area (Å²) in [4.78, 5) is 9.29. The molecule has 0 unspecified atom stereocenters. The van der Waals surface area contributed by atoms with Crippen LogP contribution >= 0.6 is 0 Å². The molecule has 0 radical (unpaired) electrons. The second kappa shape index (κ2) is 8.63. The Morgan fingerprint density at radius 2 is 1.64 bits per heavy atom. The Labute approximate surface area is 225 Å². The van der Waals surface area contributed by atoms with Gasteiger partial charge in [0.2, 0.25) is 0 Å². The van der Waals surface area contributed by atoms with Crippen LogP contribution in [-0.4, -0.2) is 14.5 Å².